The van der Waals surface area contributed by atoms with Crippen LogP contribution in [-0.2, 0) is 11.2 Å². The first-order valence-corrected chi connectivity index (χ1v) is 7.56. The van der Waals surface area contributed by atoms with Crippen LogP contribution in [0.5, 0.6) is 0 Å². The molecule has 1 heterocycles. The minimum atomic E-state index is -0.966. The summed E-state index contributed by atoms with van der Waals surface area (Å²) in [5.41, 5.74) is 1.94. The van der Waals surface area contributed by atoms with Gasteiger partial charge in [0.05, 0.1) is 12.1 Å². The zero-order valence-corrected chi connectivity index (χ0v) is 12.8. The van der Waals surface area contributed by atoms with Gasteiger partial charge in [-0.3, -0.25) is 0 Å². The molecule has 1 fully saturated rings. The highest BCUT2D eigenvalue weighted by atomic mass is 19.1. The highest BCUT2D eigenvalue weighted by molar-refractivity contribution is 5.87. The second-order valence-corrected chi connectivity index (χ2v) is 5.62. The molecule has 0 aliphatic carbocycles. The maximum atomic E-state index is 13.0. The number of cyclic esters (lactones) is 1. The van der Waals surface area contributed by atoms with Crippen molar-refractivity contribution in [2.75, 3.05) is 13.1 Å². The van der Waals surface area contributed by atoms with Gasteiger partial charge in [0, 0.05) is 6.54 Å². The van der Waals surface area contributed by atoms with E-state index in [0.717, 1.165) is 11.1 Å². The quantitative estimate of drug-likeness (QED) is 0.914. The Bertz CT molecular complexity index is 743. The molecule has 0 saturated carbocycles. The average Bonchev–Trinajstić information content (AvgIpc) is 2.95. The first-order valence-electron chi connectivity index (χ1n) is 7.56. The van der Waals surface area contributed by atoms with Crippen molar-refractivity contribution in [3.05, 3.63) is 71.0 Å². The Balaban J connectivity index is 1.58. The first-order chi connectivity index (χ1) is 11.5. The number of aromatic carboxylic acids is 1. The number of rotatable bonds is 5. The molecule has 0 bridgehead atoms. The Morgan fingerprint density at radius 2 is 1.83 bits per heavy atom. The predicted octanol–water partition coefficient (Wildman–Crippen LogP) is 3.26. The van der Waals surface area contributed by atoms with Crippen LogP contribution in [0.1, 0.15) is 27.6 Å². The lowest BCUT2D eigenvalue weighted by Crippen LogP contribution is -2.26. The average molecular weight is 329 g/mol. The Kier molecular flexibility index (Phi) is 4.46. The zero-order valence-electron chi connectivity index (χ0n) is 12.8. The van der Waals surface area contributed by atoms with Gasteiger partial charge in [-0.05, 0) is 41.8 Å². The molecular weight excluding hydrogens is 313 g/mol. The van der Waals surface area contributed by atoms with Crippen molar-refractivity contribution in [2.45, 2.75) is 12.5 Å². The fourth-order valence-electron chi connectivity index (χ4n) is 2.62. The van der Waals surface area contributed by atoms with Crippen LogP contribution in [0.4, 0.5) is 9.18 Å². The van der Waals surface area contributed by atoms with E-state index in [1.54, 1.807) is 41.3 Å². The molecule has 0 radical (unpaired) electrons. The van der Waals surface area contributed by atoms with Gasteiger partial charge in [0.15, 0.2) is 0 Å². The van der Waals surface area contributed by atoms with Crippen LogP contribution >= 0.6 is 0 Å². The third-order valence-electron chi connectivity index (χ3n) is 4.00. The molecule has 1 unspecified atom stereocenters. The fraction of sp³-hybridized carbons (Fsp3) is 0.222. The fourth-order valence-corrected chi connectivity index (χ4v) is 2.62. The molecule has 1 saturated heterocycles. The van der Waals surface area contributed by atoms with E-state index in [9.17, 15) is 14.0 Å². The van der Waals surface area contributed by atoms with Gasteiger partial charge in [0.1, 0.15) is 11.9 Å². The molecular formula is C18H16FNO4. The lowest BCUT2D eigenvalue weighted by molar-refractivity contribution is 0.0696. The topological polar surface area (TPSA) is 66.8 Å². The minimum absolute atomic E-state index is 0.232. The van der Waals surface area contributed by atoms with E-state index in [4.69, 9.17) is 9.84 Å². The van der Waals surface area contributed by atoms with E-state index in [1.807, 2.05) is 0 Å². The molecule has 5 nitrogen and oxygen atoms in total. The van der Waals surface area contributed by atoms with Crippen LogP contribution in [0.25, 0.3) is 0 Å². The number of nitrogens with zero attached hydrogens (tertiary/aromatic N) is 1. The number of amides is 1. The smallest absolute Gasteiger partial charge is 0.410 e. The number of carbonyl (C=O) groups is 2. The third kappa shape index (κ3) is 3.53. The number of hydrogen-bond donors (Lipinski definition) is 1. The number of carbonyl (C=O) groups excluding carboxylic acids is 1. The summed E-state index contributed by atoms with van der Waals surface area (Å²) in [5.74, 6) is -1.29. The van der Waals surface area contributed by atoms with Crippen LogP contribution in [-0.4, -0.2) is 35.2 Å². The number of carboxylic acids is 1. The molecule has 1 aliphatic rings. The Labute approximate surface area is 138 Å². The summed E-state index contributed by atoms with van der Waals surface area (Å²) in [6, 6.07) is 12.5. The van der Waals surface area contributed by atoms with Gasteiger partial charge >= 0.3 is 12.1 Å². The third-order valence-corrected chi connectivity index (χ3v) is 4.00. The van der Waals surface area contributed by atoms with Crippen molar-refractivity contribution < 1.29 is 23.8 Å². The number of hydrogen-bond acceptors (Lipinski definition) is 3. The molecule has 24 heavy (non-hydrogen) atoms. The summed E-state index contributed by atoms with van der Waals surface area (Å²) in [6.45, 7) is 0.890. The van der Waals surface area contributed by atoms with Crippen LogP contribution in [0.15, 0.2) is 48.5 Å². The van der Waals surface area contributed by atoms with Gasteiger partial charge in [0.2, 0.25) is 0 Å². The molecule has 6 heteroatoms. The van der Waals surface area contributed by atoms with Crippen molar-refractivity contribution in [1.29, 1.82) is 0 Å². The van der Waals surface area contributed by atoms with E-state index >= 15 is 0 Å². The van der Waals surface area contributed by atoms with Gasteiger partial charge in [-0.25, -0.2) is 14.0 Å². The lowest BCUT2D eigenvalue weighted by atomic mass is 10.1. The van der Waals surface area contributed by atoms with Crippen LogP contribution < -0.4 is 0 Å². The van der Waals surface area contributed by atoms with Gasteiger partial charge in [-0.15, -0.1) is 0 Å². The summed E-state index contributed by atoms with van der Waals surface area (Å²) in [6.07, 6.45) is -0.190. The zero-order chi connectivity index (χ0) is 17.1. The summed E-state index contributed by atoms with van der Waals surface area (Å²) in [7, 11) is 0. The maximum absolute atomic E-state index is 13.0. The molecule has 2 aromatic carbocycles. The standard InChI is InChI=1S/C18H16FNO4/c19-15-7-5-13(6-8-15)16-11-20(18(23)24-16)10-9-12-1-3-14(4-2-12)17(21)22/h1-8,16H,9-11H2,(H,21,22). The van der Waals surface area contributed by atoms with Gasteiger partial charge in [0.25, 0.3) is 0 Å². The molecule has 3 rings (SSSR count). The molecule has 1 atom stereocenters. The van der Waals surface area contributed by atoms with Crippen LogP contribution in [0, 0.1) is 5.82 Å². The Morgan fingerprint density at radius 1 is 1.17 bits per heavy atom. The minimum Gasteiger partial charge on any atom is -0.478 e. The second-order valence-electron chi connectivity index (χ2n) is 5.62. The van der Waals surface area contributed by atoms with E-state index < -0.39 is 18.2 Å². The monoisotopic (exact) mass is 329 g/mol. The molecule has 0 aromatic heterocycles. The number of benzene rings is 2. The summed E-state index contributed by atoms with van der Waals surface area (Å²) < 4.78 is 18.3. The molecule has 1 N–H and O–H groups in total. The number of carboxylic acid groups (broad SMARTS) is 1. The van der Waals surface area contributed by atoms with E-state index in [2.05, 4.69) is 0 Å². The van der Waals surface area contributed by atoms with Gasteiger partial charge in [-0.1, -0.05) is 24.3 Å². The van der Waals surface area contributed by atoms with Crippen LogP contribution in [0.3, 0.4) is 0 Å². The van der Waals surface area contributed by atoms with Crippen molar-refractivity contribution in [3.63, 3.8) is 0 Å². The lowest BCUT2D eigenvalue weighted by Gasteiger charge is -2.13. The Morgan fingerprint density at radius 3 is 2.46 bits per heavy atom. The Hall–Kier alpha value is -2.89. The van der Waals surface area contributed by atoms with Gasteiger partial charge < -0.3 is 14.7 Å². The number of halogens is 1. The molecule has 1 amide bonds. The summed E-state index contributed by atoms with van der Waals surface area (Å²) in [5, 5.41) is 8.87. The summed E-state index contributed by atoms with van der Waals surface area (Å²) >= 11 is 0. The predicted molar refractivity (Wildman–Crippen MR) is 84.3 cm³/mol. The van der Waals surface area contributed by atoms with Crippen molar-refractivity contribution in [3.8, 4) is 0 Å². The molecule has 124 valence electrons. The molecule has 0 spiro atoms. The van der Waals surface area contributed by atoms with Crippen LogP contribution in [0.2, 0.25) is 0 Å². The van der Waals surface area contributed by atoms with Crippen molar-refractivity contribution >= 4 is 12.1 Å². The number of ether oxygens (including phenoxy) is 1. The SMILES string of the molecule is O=C(O)c1ccc(CCN2CC(c3ccc(F)cc3)OC2=O)cc1. The second kappa shape index (κ2) is 6.70. The largest absolute Gasteiger partial charge is 0.478 e. The summed E-state index contributed by atoms with van der Waals surface area (Å²) in [4.78, 5) is 24.4. The van der Waals surface area contributed by atoms with Gasteiger partial charge in [-0.2, -0.15) is 0 Å². The normalized spacial score (nSPS) is 17.0. The molecule has 2 aromatic rings. The van der Waals surface area contributed by atoms with Crippen molar-refractivity contribution in [1.82, 2.24) is 4.90 Å². The van der Waals surface area contributed by atoms with Crippen molar-refractivity contribution in [2.24, 2.45) is 0 Å². The molecule has 1 aliphatic heterocycles. The van der Waals surface area contributed by atoms with E-state index in [1.165, 1.54) is 12.1 Å². The maximum Gasteiger partial charge on any atom is 0.410 e. The first kappa shape index (κ1) is 16.0. The van der Waals surface area contributed by atoms with E-state index in [0.29, 0.717) is 19.5 Å². The highest BCUT2D eigenvalue weighted by Crippen LogP contribution is 2.26. The highest BCUT2D eigenvalue weighted by Gasteiger charge is 2.31. The van der Waals surface area contributed by atoms with E-state index in [-0.39, 0.29) is 11.4 Å².